The lowest BCUT2D eigenvalue weighted by Crippen LogP contribution is -2.29. The van der Waals surface area contributed by atoms with E-state index in [9.17, 15) is 0 Å². The van der Waals surface area contributed by atoms with Crippen LogP contribution in [0.2, 0.25) is 0 Å². The normalized spacial score (nSPS) is 15.4. The Labute approximate surface area is 83.4 Å². The van der Waals surface area contributed by atoms with Gasteiger partial charge in [-0.25, -0.2) is 4.98 Å². The zero-order chi connectivity index (χ0) is 9.84. The molecule has 0 saturated heterocycles. The van der Waals surface area contributed by atoms with Crippen LogP contribution in [0.25, 0.3) is 0 Å². The van der Waals surface area contributed by atoms with Crippen LogP contribution >= 0.6 is 11.3 Å². The molecule has 0 aliphatic rings. The van der Waals surface area contributed by atoms with E-state index in [1.807, 2.05) is 12.3 Å². The van der Waals surface area contributed by atoms with Crippen LogP contribution in [0.3, 0.4) is 0 Å². The van der Waals surface area contributed by atoms with Crippen LogP contribution in [0, 0.1) is 12.8 Å². The summed E-state index contributed by atoms with van der Waals surface area (Å²) >= 11 is 1.64. The summed E-state index contributed by atoms with van der Waals surface area (Å²) in [6, 6.07) is 0.385. The number of nitrogens with two attached hydrogens (primary N) is 1. The molecule has 1 aromatic rings. The Morgan fingerprint density at radius 3 is 2.77 bits per heavy atom. The third-order valence-corrected chi connectivity index (χ3v) is 3.09. The summed E-state index contributed by atoms with van der Waals surface area (Å²) in [5.41, 5.74) is 6.64. The summed E-state index contributed by atoms with van der Waals surface area (Å²) in [6.45, 7) is 6.98. The van der Waals surface area contributed by atoms with Gasteiger partial charge in [0, 0.05) is 11.4 Å². The SMILES string of the molecule is Cc1csc(NC(C)C(C)CN)n1. The number of hydrogen-bond donors (Lipinski definition) is 2. The molecule has 0 aliphatic carbocycles. The third kappa shape index (κ3) is 2.97. The van der Waals surface area contributed by atoms with E-state index in [1.54, 1.807) is 11.3 Å². The number of hydrogen-bond acceptors (Lipinski definition) is 4. The summed E-state index contributed by atoms with van der Waals surface area (Å²) in [5, 5.41) is 6.38. The number of nitrogens with zero attached hydrogens (tertiary/aromatic N) is 1. The second-order valence-electron chi connectivity index (χ2n) is 3.44. The minimum Gasteiger partial charge on any atom is -0.359 e. The van der Waals surface area contributed by atoms with Crippen LogP contribution < -0.4 is 11.1 Å². The summed E-state index contributed by atoms with van der Waals surface area (Å²) in [7, 11) is 0. The number of aromatic nitrogens is 1. The zero-order valence-corrected chi connectivity index (χ0v) is 9.19. The van der Waals surface area contributed by atoms with Crippen molar-refractivity contribution in [1.82, 2.24) is 4.98 Å². The maximum absolute atomic E-state index is 5.57. The van der Waals surface area contributed by atoms with Crippen molar-refractivity contribution in [3.05, 3.63) is 11.1 Å². The molecule has 0 saturated carbocycles. The topological polar surface area (TPSA) is 50.9 Å². The average Bonchev–Trinajstić information content (AvgIpc) is 2.49. The molecule has 0 spiro atoms. The first-order chi connectivity index (χ1) is 6.13. The Kier molecular flexibility index (Phi) is 3.69. The van der Waals surface area contributed by atoms with E-state index in [1.165, 1.54) is 0 Å². The standard InChI is InChI=1S/C9H17N3S/c1-6(4-10)8(3)12-9-11-7(2)5-13-9/h5-6,8H,4,10H2,1-3H3,(H,11,12). The second-order valence-corrected chi connectivity index (χ2v) is 4.30. The average molecular weight is 199 g/mol. The fourth-order valence-corrected chi connectivity index (χ4v) is 1.75. The van der Waals surface area contributed by atoms with E-state index >= 15 is 0 Å². The largest absolute Gasteiger partial charge is 0.359 e. The van der Waals surface area contributed by atoms with Crippen molar-refractivity contribution in [3.63, 3.8) is 0 Å². The van der Waals surface area contributed by atoms with E-state index in [0.717, 1.165) is 10.8 Å². The quantitative estimate of drug-likeness (QED) is 0.778. The van der Waals surface area contributed by atoms with Crippen molar-refractivity contribution >= 4 is 16.5 Å². The highest BCUT2D eigenvalue weighted by molar-refractivity contribution is 7.13. The molecule has 3 nitrogen and oxygen atoms in total. The van der Waals surface area contributed by atoms with Gasteiger partial charge in [0.25, 0.3) is 0 Å². The fourth-order valence-electron chi connectivity index (χ4n) is 0.961. The molecule has 13 heavy (non-hydrogen) atoms. The lowest BCUT2D eigenvalue weighted by Gasteiger charge is -2.18. The lowest BCUT2D eigenvalue weighted by molar-refractivity contribution is 0.521. The minimum atomic E-state index is 0.385. The van der Waals surface area contributed by atoms with Gasteiger partial charge < -0.3 is 11.1 Å². The van der Waals surface area contributed by atoms with Gasteiger partial charge in [-0.15, -0.1) is 11.3 Å². The predicted molar refractivity (Wildman–Crippen MR) is 58.2 cm³/mol. The highest BCUT2D eigenvalue weighted by Crippen LogP contribution is 2.17. The number of anilines is 1. The molecule has 1 rings (SSSR count). The molecular formula is C9H17N3S. The predicted octanol–water partition coefficient (Wildman–Crippen LogP) is 1.85. The van der Waals surface area contributed by atoms with Gasteiger partial charge in [-0.2, -0.15) is 0 Å². The molecule has 1 heterocycles. The van der Waals surface area contributed by atoms with Gasteiger partial charge in [-0.3, -0.25) is 0 Å². The monoisotopic (exact) mass is 199 g/mol. The number of aryl methyl sites for hydroxylation is 1. The molecule has 3 N–H and O–H groups in total. The van der Waals surface area contributed by atoms with Gasteiger partial charge >= 0.3 is 0 Å². The first kappa shape index (κ1) is 10.5. The van der Waals surface area contributed by atoms with Crippen LogP contribution in [0.5, 0.6) is 0 Å². The Balaban J connectivity index is 2.49. The Morgan fingerprint density at radius 1 is 1.62 bits per heavy atom. The van der Waals surface area contributed by atoms with Crippen molar-refractivity contribution in [2.24, 2.45) is 11.7 Å². The summed E-state index contributed by atoms with van der Waals surface area (Å²) in [5.74, 6) is 0.476. The maximum Gasteiger partial charge on any atom is 0.183 e. The molecule has 0 fully saturated rings. The van der Waals surface area contributed by atoms with Crippen molar-refractivity contribution in [2.45, 2.75) is 26.8 Å². The van der Waals surface area contributed by atoms with Gasteiger partial charge in [-0.1, -0.05) is 6.92 Å². The first-order valence-electron chi connectivity index (χ1n) is 4.52. The maximum atomic E-state index is 5.57. The van der Waals surface area contributed by atoms with E-state index in [0.29, 0.717) is 18.5 Å². The van der Waals surface area contributed by atoms with Crippen molar-refractivity contribution in [3.8, 4) is 0 Å². The highest BCUT2D eigenvalue weighted by atomic mass is 32.1. The zero-order valence-electron chi connectivity index (χ0n) is 8.37. The Hall–Kier alpha value is -0.610. The van der Waals surface area contributed by atoms with Gasteiger partial charge in [0.2, 0.25) is 0 Å². The third-order valence-electron chi connectivity index (χ3n) is 2.20. The second kappa shape index (κ2) is 4.58. The van der Waals surface area contributed by atoms with Crippen LogP contribution in [0.15, 0.2) is 5.38 Å². The summed E-state index contributed by atoms with van der Waals surface area (Å²) in [4.78, 5) is 4.33. The van der Waals surface area contributed by atoms with Crippen molar-refractivity contribution < 1.29 is 0 Å². The van der Waals surface area contributed by atoms with Crippen LogP contribution in [0.4, 0.5) is 5.13 Å². The summed E-state index contributed by atoms with van der Waals surface area (Å²) in [6.07, 6.45) is 0. The molecular weight excluding hydrogens is 182 g/mol. The Bertz CT molecular complexity index is 259. The van der Waals surface area contributed by atoms with Crippen LogP contribution in [-0.2, 0) is 0 Å². The van der Waals surface area contributed by atoms with E-state index in [4.69, 9.17) is 5.73 Å². The number of nitrogens with one attached hydrogen (secondary N) is 1. The molecule has 4 heteroatoms. The molecule has 2 unspecified atom stereocenters. The van der Waals surface area contributed by atoms with Crippen molar-refractivity contribution in [2.75, 3.05) is 11.9 Å². The molecule has 0 bridgehead atoms. The molecule has 2 atom stereocenters. The van der Waals surface area contributed by atoms with Gasteiger partial charge in [-0.05, 0) is 26.3 Å². The van der Waals surface area contributed by atoms with Gasteiger partial charge in [0.1, 0.15) is 0 Å². The minimum absolute atomic E-state index is 0.385. The molecule has 74 valence electrons. The molecule has 0 aromatic carbocycles. The van der Waals surface area contributed by atoms with Gasteiger partial charge in [0.15, 0.2) is 5.13 Å². The molecule has 0 radical (unpaired) electrons. The van der Waals surface area contributed by atoms with Gasteiger partial charge in [0.05, 0.1) is 5.69 Å². The highest BCUT2D eigenvalue weighted by Gasteiger charge is 2.11. The molecule has 0 amide bonds. The van der Waals surface area contributed by atoms with E-state index < -0.39 is 0 Å². The van der Waals surface area contributed by atoms with Crippen molar-refractivity contribution in [1.29, 1.82) is 0 Å². The van der Waals surface area contributed by atoms with Crippen LogP contribution in [0.1, 0.15) is 19.5 Å². The fraction of sp³-hybridized carbons (Fsp3) is 0.667. The Morgan fingerprint density at radius 2 is 2.31 bits per heavy atom. The molecule has 1 aromatic heterocycles. The first-order valence-corrected chi connectivity index (χ1v) is 5.40. The summed E-state index contributed by atoms with van der Waals surface area (Å²) < 4.78 is 0. The number of rotatable bonds is 4. The lowest BCUT2D eigenvalue weighted by atomic mass is 10.1. The van der Waals surface area contributed by atoms with E-state index in [2.05, 4.69) is 24.1 Å². The smallest absolute Gasteiger partial charge is 0.183 e. The number of thiazole rings is 1. The van der Waals surface area contributed by atoms with E-state index in [-0.39, 0.29) is 0 Å². The molecule has 0 aliphatic heterocycles. The van der Waals surface area contributed by atoms with Crippen LogP contribution in [-0.4, -0.2) is 17.6 Å².